The molecule has 2 rings (SSSR count). The number of nitrogen functional groups attached to an aromatic ring is 1. The number of pyridine rings is 1. The molecule has 2 aromatic rings. The fraction of sp³-hybridized carbons (Fsp3) is 0.333. The van der Waals surface area contributed by atoms with Gasteiger partial charge in [-0.3, -0.25) is 9.78 Å². The summed E-state index contributed by atoms with van der Waals surface area (Å²) in [6, 6.07) is 5.71. The highest BCUT2D eigenvalue weighted by Crippen LogP contribution is 2.26. The van der Waals surface area contributed by atoms with E-state index in [0.717, 1.165) is 16.3 Å². The molecule has 2 N–H and O–H groups in total. The Bertz CT molecular complexity index is 618. The Morgan fingerprint density at radius 1 is 1.21 bits per heavy atom. The van der Waals surface area contributed by atoms with E-state index in [4.69, 9.17) is 5.73 Å². The summed E-state index contributed by atoms with van der Waals surface area (Å²) in [6.45, 7) is 7.24. The van der Waals surface area contributed by atoms with E-state index in [1.807, 2.05) is 39.0 Å². The van der Waals surface area contributed by atoms with Crippen molar-refractivity contribution in [3.8, 4) is 0 Å². The molecular weight excluding hydrogens is 238 g/mol. The third-order valence-corrected chi connectivity index (χ3v) is 3.46. The fourth-order valence-electron chi connectivity index (χ4n) is 2.22. The molecule has 4 heteroatoms. The molecule has 0 aliphatic rings. The van der Waals surface area contributed by atoms with E-state index in [2.05, 4.69) is 4.98 Å². The van der Waals surface area contributed by atoms with Crippen LogP contribution in [0.1, 0.15) is 29.9 Å². The quantitative estimate of drug-likeness (QED) is 0.860. The van der Waals surface area contributed by atoms with E-state index >= 15 is 0 Å². The first kappa shape index (κ1) is 13.3. The minimum absolute atomic E-state index is 0.0427. The van der Waals surface area contributed by atoms with Crippen molar-refractivity contribution in [3.05, 3.63) is 35.7 Å². The van der Waals surface area contributed by atoms with Crippen LogP contribution in [0.5, 0.6) is 0 Å². The van der Waals surface area contributed by atoms with Gasteiger partial charge in [-0.1, -0.05) is 12.1 Å². The van der Waals surface area contributed by atoms with Gasteiger partial charge in [0.1, 0.15) is 5.69 Å². The van der Waals surface area contributed by atoms with E-state index in [9.17, 15) is 4.79 Å². The molecule has 0 bridgehead atoms. The minimum Gasteiger partial charge on any atom is -0.398 e. The smallest absolute Gasteiger partial charge is 0.273 e. The van der Waals surface area contributed by atoms with Crippen molar-refractivity contribution in [2.45, 2.75) is 20.8 Å². The first-order valence-electron chi connectivity index (χ1n) is 6.53. The number of anilines is 1. The van der Waals surface area contributed by atoms with Crippen LogP contribution in [0.4, 0.5) is 5.69 Å². The number of nitrogens with zero attached hydrogens (tertiary/aromatic N) is 2. The van der Waals surface area contributed by atoms with Gasteiger partial charge >= 0.3 is 0 Å². The number of nitrogens with two attached hydrogens (primary N) is 1. The van der Waals surface area contributed by atoms with Gasteiger partial charge in [-0.25, -0.2) is 0 Å². The minimum atomic E-state index is -0.0427. The van der Waals surface area contributed by atoms with Crippen molar-refractivity contribution >= 4 is 22.4 Å². The third-order valence-electron chi connectivity index (χ3n) is 3.46. The first-order valence-corrected chi connectivity index (χ1v) is 6.53. The third kappa shape index (κ3) is 2.26. The zero-order chi connectivity index (χ0) is 14.0. The van der Waals surface area contributed by atoms with Crippen molar-refractivity contribution in [1.82, 2.24) is 9.88 Å². The number of aryl methyl sites for hydroxylation is 1. The molecule has 4 nitrogen and oxygen atoms in total. The predicted octanol–water partition coefficient (Wildman–Crippen LogP) is 2.61. The van der Waals surface area contributed by atoms with Crippen LogP contribution in [0.2, 0.25) is 0 Å². The maximum Gasteiger partial charge on any atom is 0.273 e. The molecule has 0 saturated carbocycles. The van der Waals surface area contributed by atoms with Crippen LogP contribution in [0.25, 0.3) is 10.8 Å². The molecule has 0 spiro atoms. The molecule has 19 heavy (non-hydrogen) atoms. The van der Waals surface area contributed by atoms with Gasteiger partial charge in [0, 0.05) is 35.7 Å². The summed E-state index contributed by atoms with van der Waals surface area (Å²) in [7, 11) is 0. The maximum absolute atomic E-state index is 12.4. The van der Waals surface area contributed by atoms with Crippen LogP contribution in [0.15, 0.2) is 24.4 Å². The molecule has 100 valence electrons. The summed E-state index contributed by atoms with van der Waals surface area (Å²) in [5, 5.41) is 1.72. The summed E-state index contributed by atoms with van der Waals surface area (Å²) < 4.78 is 0. The van der Waals surface area contributed by atoms with Crippen LogP contribution >= 0.6 is 0 Å². The summed E-state index contributed by atoms with van der Waals surface area (Å²) in [5.41, 5.74) is 8.29. The highest BCUT2D eigenvalue weighted by molar-refractivity contribution is 6.08. The molecule has 0 saturated heterocycles. The lowest BCUT2D eigenvalue weighted by molar-refractivity contribution is 0.0769. The Labute approximate surface area is 113 Å². The number of hydrogen-bond donors (Lipinski definition) is 1. The lowest BCUT2D eigenvalue weighted by Gasteiger charge is -2.19. The number of fused-ring (bicyclic) bond motifs is 1. The summed E-state index contributed by atoms with van der Waals surface area (Å²) in [6.07, 6.45) is 1.65. The van der Waals surface area contributed by atoms with Crippen LogP contribution in [-0.4, -0.2) is 28.9 Å². The summed E-state index contributed by atoms with van der Waals surface area (Å²) in [5.74, 6) is -0.0427. The molecule has 0 aliphatic carbocycles. The van der Waals surface area contributed by atoms with Gasteiger partial charge in [0.05, 0.1) is 0 Å². The molecular formula is C15H19N3O. The number of aromatic nitrogens is 1. The largest absolute Gasteiger partial charge is 0.398 e. The predicted molar refractivity (Wildman–Crippen MR) is 78.1 cm³/mol. The lowest BCUT2D eigenvalue weighted by atomic mass is 10.0. The molecule has 0 fully saturated rings. The monoisotopic (exact) mass is 257 g/mol. The second-order valence-corrected chi connectivity index (χ2v) is 4.53. The highest BCUT2D eigenvalue weighted by atomic mass is 16.2. The van der Waals surface area contributed by atoms with Crippen molar-refractivity contribution in [2.75, 3.05) is 18.8 Å². The summed E-state index contributed by atoms with van der Waals surface area (Å²) in [4.78, 5) is 18.4. The van der Waals surface area contributed by atoms with E-state index in [0.29, 0.717) is 24.5 Å². The topological polar surface area (TPSA) is 59.2 Å². The van der Waals surface area contributed by atoms with Crippen LogP contribution in [0.3, 0.4) is 0 Å². The molecule has 0 unspecified atom stereocenters. The van der Waals surface area contributed by atoms with Crippen LogP contribution < -0.4 is 5.73 Å². The number of hydrogen-bond acceptors (Lipinski definition) is 3. The highest BCUT2D eigenvalue weighted by Gasteiger charge is 2.17. The van der Waals surface area contributed by atoms with Crippen molar-refractivity contribution in [2.24, 2.45) is 0 Å². The van der Waals surface area contributed by atoms with Crippen LogP contribution in [0, 0.1) is 6.92 Å². The molecule has 1 aromatic carbocycles. The van der Waals surface area contributed by atoms with Gasteiger partial charge in [0.2, 0.25) is 0 Å². The average Bonchev–Trinajstić information content (AvgIpc) is 2.43. The van der Waals surface area contributed by atoms with E-state index < -0.39 is 0 Å². The number of rotatable bonds is 3. The van der Waals surface area contributed by atoms with Gasteiger partial charge in [-0.05, 0) is 32.4 Å². The Morgan fingerprint density at radius 3 is 2.53 bits per heavy atom. The fourth-order valence-corrected chi connectivity index (χ4v) is 2.22. The Hall–Kier alpha value is -2.10. The van der Waals surface area contributed by atoms with Crippen LogP contribution in [-0.2, 0) is 0 Å². The Kier molecular flexibility index (Phi) is 3.69. The summed E-state index contributed by atoms with van der Waals surface area (Å²) >= 11 is 0. The molecule has 1 amide bonds. The zero-order valence-electron chi connectivity index (χ0n) is 11.6. The number of benzene rings is 1. The van der Waals surface area contributed by atoms with Gasteiger partial charge in [0.25, 0.3) is 5.91 Å². The molecule has 0 aliphatic heterocycles. The number of carbonyl (C=O) groups is 1. The zero-order valence-corrected chi connectivity index (χ0v) is 11.6. The molecule has 0 radical (unpaired) electrons. The molecule has 1 heterocycles. The normalized spacial score (nSPS) is 10.7. The standard InChI is InChI=1S/C15H19N3O/c1-4-18(5-2)15(19)14-12-7-6-10(3)13(16)11(12)8-9-17-14/h6-9H,4-5,16H2,1-3H3. The van der Waals surface area contributed by atoms with E-state index in [1.165, 1.54) is 0 Å². The second kappa shape index (κ2) is 5.26. The number of amides is 1. The van der Waals surface area contributed by atoms with Gasteiger partial charge in [-0.2, -0.15) is 0 Å². The molecule has 1 aromatic heterocycles. The molecule has 0 atom stereocenters. The van der Waals surface area contributed by atoms with Crippen molar-refractivity contribution in [1.29, 1.82) is 0 Å². The van der Waals surface area contributed by atoms with Gasteiger partial charge in [0.15, 0.2) is 0 Å². The lowest BCUT2D eigenvalue weighted by Crippen LogP contribution is -2.31. The average molecular weight is 257 g/mol. The maximum atomic E-state index is 12.4. The first-order chi connectivity index (χ1) is 9.10. The van der Waals surface area contributed by atoms with Crippen molar-refractivity contribution in [3.63, 3.8) is 0 Å². The Morgan fingerprint density at radius 2 is 1.89 bits per heavy atom. The van der Waals surface area contributed by atoms with E-state index in [-0.39, 0.29) is 5.91 Å². The van der Waals surface area contributed by atoms with Gasteiger partial charge < -0.3 is 10.6 Å². The second-order valence-electron chi connectivity index (χ2n) is 4.53. The number of carbonyl (C=O) groups excluding carboxylic acids is 1. The van der Waals surface area contributed by atoms with E-state index in [1.54, 1.807) is 11.1 Å². The van der Waals surface area contributed by atoms with Gasteiger partial charge in [-0.15, -0.1) is 0 Å². The van der Waals surface area contributed by atoms with Crippen molar-refractivity contribution < 1.29 is 4.79 Å². The Balaban J connectivity index is 2.62. The SMILES string of the molecule is CCN(CC)C(=O)c1nccc2c(N)c(C)ccc12.